The lowest BCUT2D eigenvalue weighted by molar-refractivity contribution is -0.119. The van der Waals surface area contributed by atoms with Crippen molar-refractivity contribution in [1.29, 1.82) is 0 Å². The quantitative estimate of drug-likeness (QED) is 0.858. The van der Waals surface area contributed by atoms with Gasteiger partial charge in [0.1, 0.15) is 11.6 Å². The molecule has 22 heavy (non-hydrogen) atoms. The van der Waals surface area contributed by atoms with E-state index in [1.165, 1.54) is 12.1 Å². The highest BCUT2D eigenvalue weighted by molar-refractivity contribution is 6.30. The molecule has 4 nitrogen and oxygen atoms in total. The second-order valence-corrected chi connectivity index (χ2v) is 5.04. The van der Waals surface area contributed by atoms with E-state index in [9.17, 15) is 9.18 Å². The highest BCUT2D eigenvalue weighted by Gasteiger charge is 2.05. The maximum atomic E-state index is 13.5. The number of anilines is 1. The fourth-order valence-electron chi connectivity index (χ4n) is 1.81. The maximum Gasteiger partial charge on any atom is 0.239 e. The van der Waals surface area contributed by atoms with Crippen molar-refractivity contribution in [2.75, 3.05) is 19.0 Å². The van der Waals surface area contributed by atoms with Gasteiger partial charge >= 0.3 is 0 Å². The van der Waals surface area contributed by atoms with Crippen molar-refractivity contribution in [2.45, 2.75) is 6.54 Å². The highest BCUT2D eigenvalue weighted by Crippen LogP contribution is 2.18. The van der Waals surface area contributed by atoms with Crippen molar-refractivity contribution in [3.8, 4) is 5.75 Å². The van der Waals surface area contributed by atoms with Crippen molar-refractivity contribution in [1.82, 2.24) is 5.32 Å². The molecular formula is C16H16ClFN2O2. The first kappa shape index (κ1) is 16.1. The van der Waals surface area contributed by atoms with E-state index in [1.807, 2.05) is 24.3 Å². The van der Waals surface area contributed by atoms with Crippen LogP contribution in [0.5, 0.6) is 5.75 Å². The summed E-state index contributed by atoms with van der Waals surface area (Å²) in [6, 6.07) is 11.6. The Morgan fingerprint density at radius 1 is 1.23 bits per heavy atom. The zero-order chi connectivity index (χ0) is 15.9. The van der Waals surface area contributed by atoms with Crippen LogP contribution in [-0.2, 0) is 11.3 Å². The van der Waals surface area contributed by atoms with E-state index in [1.54, 1.807) is 13.2 Å². The van der Waals surface area contributed by atoms with E-state index in [0.29, 0.717) is 11.6 Å². The molecule has 6 heteroatoms. The largest absolute Gasteiger partial charge is 0.497 e. The molecule has 0 saturated heterocycles. The van der Waals surface area contributed by atoms with Gasteiger partial charge < -0.3 is 15.4 Å². The summed E-state index contributed by atoms with van der Waals surface area (Å²) in [5.41, 5.74) is 1.19. The molecule has 2 rings (SSSR count). The van der Waals surface area contributed by atoms with Crippen LogP contribution in [0.25, 0.3) is 0 Å². The number of rotatable bonds is 6. The number of ether oxygens (including phenoxy) is 1. The summed E-state index contributed by atoms with van der Waals surface area (Å²) in [5, 5.41) is 5.79. The predicted molar refractivity (Wildman–Crippen MR) is 84.7 cm³/mol. The van der Waals surface area contributed by atoms with Crippen molar-refractivity contribution in [2.24, 2.45) is 0 Å². The second kappa shape index (κ2) is 7.66. The predicted octanol–water partition coefficient (Wildman–Crippen LogP) is 3.22. The molecule has 0 aromatic heterocycles. The third kappa shape index (κ3) is 4.63. The van der Waals surface area contributed by atoms with Gasteiger partial charge in [0.05, 0.1) is 19.3 Å². The Morgan fingerprint density at radius 3 is 2.59 bits per heavy atom. The Morgan fingerprint density at radius 2 is 1.95 bits per heavy atom. The minimum absolute atomic E-state index is 0.0191. The number of halogens is 2. The molecule has 116 valence electrons. The lowest BCUT2D eigenvalue weighted by atomic mass is 10.2. The first-order valence-corrected chi connectivity index (χ1v) is 7.05. The van der Waals surface area contributed by atoms with Crippen LogP contribution in [0.4, 0.5) is 10.1 Å². The summed E-state index contributed by atoms with van der Waals surface area (Å²) in [6.45, 7) is 0.377. The third-order valence-electron chi connectivity index (χ3n) is 3.02. The molecule has 2 aromatic carbocycles. The second-order valence-electron chi connectivity index (χ2n) is 4.60. The lowest BCUT2D eigenvalue weighted by Crippen LogP contribution is -2.29. The van der Waals surface area contributed by atoms with Crippen molar-refractivity contribution in [3.63, 3.8) is 0 Å². The molecule has 2 aromatic rings. The van der Waals surface area contributed by atoms with Gasteiger partial charge in [-0.25, -0.2) is 4.39 Å². The number of nitrogens with one attached hydrogen (secondary N) is 2. The smallest absolute Gasteiger partial charge is 0.239 e. The van der Waals surface area contributed by atoms with Crippen LogP contribution in [0.3, 0.4) is 0 Å². The SMILES string of the molecule is COc1ccc(CNC(=O)CNc2ccc(Cl)cc2F)cc1. The van der Waals surface area contributed by atoms with Gasteiger partial charge in [-0.15, -0.1) is 0 Å². The highest BCUT2D eigenvalue weighted by atomic mass is 35.5. The molecule has 0 radical (unpaired) electrons. The molecule has 0 spiro atoms. The van der Waals surface area contributed by atoms with Crippen LogP contribution in [0.1, 0.15) is 5.56 Å². The van der Waals surface area contributed by atoms with E-state index in [4.69, 9.17) is 16.3 Å². The first-order chi connectivity index (χ1) is 10.6. The Bertz CT molecular complexity index is 647. The number of hydrogen-bond acceptors (Lipinski definition) is 3. The molecule has 2 N–H and O–H groups in total. The molecule has 0 bridgehead atoms. The fourth-order valence-corrected chi connectivity index (χ4v) is 1.97. The Hall–Kier alpha value is -2.27. The minimum atomic E-state index is -0.490. The lowest BCUT2D eigenvalue weighted by Gasteiger charge is -2.09. The molecule has 1 amide bonds. The van der Waals surface area contributed by atoms with Crippen LogP contribution in [0.2, 0.25) is 5.02 Å². The van der Waals surface area contributed by atoms with Crippen molar-refractivity contribution >= 4 is 23.2 Å². The molecular weight excluding hydrogens is 307 g/mol. The van der Waals surface area contributed by atoms with E-state index >= 15 is 0 Å². The summed E-state index contributed by atoms with van der Waals surface area (Å²) < 4.78 is 18.6. The third-order valence-corrected chi connectivity index (χ3v) is 3.25. The van der Waals surface area contributed by atoms with Crippen LogP contribution in [0, 0.1) is 5.82 Å². The zero-order valence-electron chi connectivity index (χ0n) is 12.0. The molecule has 0 aliphatic rings. The number of carbonyl (C=O) groups is 1. The van der Waals surface area contributed by atoms with Crippen molar-refractivity contribution in [3.05, 3.63) is 58.9 Å². The standard InChI is InChI=1S/C16H16ClFN2O2/c1-22-13-5-2-11(3-6-13)9-20-16(21)10-19-15-7-4-12(17)8-14(15)18/h2-8,19H,9-10H2,1H3,(H,20,21). The number of hydrogen-bond donors (Lipinski definition) is 2. The average Bonchev–Trinajstić information content (AvgIpc) is 2.52. The number of amides is 1. The molecule has 0 aliphatic heterocycles. The molecule has 0 atom stereocenters. The van der Waals surface area contributed by atoms with Gasteiger partial charge in [0.15, 0.2) is 0 Å². The Labute approximate surface area is 133 Å². The maximum absolute atomic E-state index is 13.5. The van der Waals surface area contributed by atoms with Gasteiger partial charge in [0.25, 0.3) is 0 Å². The van der Waals surface area contributed by atoms with Crippen molar-refractivity contribution < 1.29 is 13.9 Å². The van der Waals surface area contributed by atoms with Crippen LogP contribution < -0.4 is 15.4 Å². The topological polar surface area (TPSA) is 50.4 Å². The summed E-state index contributed by atoms with van der Waals surface area (Å²) in [6.07, 6.45) is 0. The first-order valence-electron chi connectivity index (χ1n) is 6.67. The summed E-state index contributed by atoms with van der Waals surface area (Å²) in [4.78, 5) is 11.7. The summed E-state index contributed by atoms with van der Waals surface area (Å²) >= 11 is 5.66. The number of carbonyl (C=O) groups excluding carboxylic acids is 1. The van der Waals surface area contributed by atoms with Gasteiger partial charge in [-0.3, -0.25) is 4.79 Å². The monoisotopic (exact) mass is 322 g/mol. The minimum Gasteiger partial charge on any atom is -0.497 e. The van der Waals surface area contributed by atoms with Crippen LogP contribution in [0.15, 0.2) is 42.5 Å². The number of benzene rings is 2. The molecule has 0 heterocycles. The molecule has 0 unspecified atom stereocenters. The van der Waals surface area contributed by atoms with Gasteiger partial charge in [-0.1, -0.05) is 23.7 Å². The molecule has 0 aliphatic carbocycles. The average molecular weight is 323 g/mol. The zero-order valence-corrected chi connectivity index (χ0v) is 12.8. The molecule has 0 fully saturated rings. The fraction of sp³-hybridized carbons (Fsp3) is 0.188. The summed E-state index contributed by atoms with van der Waals surface area (Å²) in [7, 11) is 1.60. The van der Waals surface area contributed by atoms with Gasteiger partial charge in [-0.2, -0.15) is 0 Å². The summed E-state index contributed by atoms with van der Waals surface area (Å²) in [5.74, 6) is 0.0376. The molecule has 0 saturated carbocycles. The van der Waals surface area contributed by atoms with Crippen LogP contribution in [-0.4, -0.2) is 19.6 Å². The normalized spacial score (nSPS) is 10.1. The van der Waals surface area contributed by atoms with E-state index in [-0.39, 0.29) is 18.1 Å². The van der Waals surface area contributed by atoms with Gasteiger partial charge in [0.2, 0.25) is 5.91 Å². The van der Waals surface area contributed by atoms with Crippen LogP contribution >= 0.6 is 11.6 Å². The van der Waals surface area contributed by atoms with E-state index in [2.05, 4.69) is 10.6 Å². The Kier molecular flexibility index (Phi) is 5.61. The number of methoxy groups -OCH3 is 1. The Balaban J connectivity index is 1.80. The van der Waals surface area contributed by atoms with Gasteiger partial charge in [-0.05, 0) is 35.9 Å². The van der Waals surface area contributed by atoms with E-state index < -0.39 is 5.82 Å². The van der Waals surface area contributed by atoms with Gasteiger partial charge in [0, 0.05) is 11.6 Å². The van der Waals surface area contributed by atoms with E-state index in [0.717, 1.165) is 11.3 Å².